The van der Waals surface area contributed by atoms with E-state index in [0.717, 1.165) is 11.3 Å². The van der Waals surface area contributed by atoms with Crippen molar-refractivity contribution in [2.24, 2.45) is 11.8 Å². The predicted molar refractivity (Wildman–Crippen MR) is 153 cm³/mol. The first kappa shape index (κ1) is 29.7. The summed E-state index contributed by atoms with van der Waals surface area (Å²) in [5, 5.41) is 26.2. The molecule has 2 spiro atoms. The van der Waals surface area contributed by atoms with Crippen molar-refractivity contribution < 1.29 is 38.7 Å². The fourth-order valence-corrected chi connectivity index (χ4v) is 8.79. The van der Waals surface area contributed by atoms with Crippen LogP contribution in [0.2, 0.25) is 0 Å². The number of phenols is 1. The number of anilines is 1. The van der Waals surface area contributed by atoms with Crippen LogP contribution in [0, 0.1) is 11.8 Å². The number of halogens is 2. The average molecular weight is 625 g/mol. The highest BCUT2D eigenvalue weighted by Gasteiger charge is 2.74. The fraction of sp³-hybridized carbons (Fsp3) is 0.586. The van der Waals surface area contributed by atoms with Gasteiger partial charge < -0.3 is 39.0 Å². The van der Waals surface area contributed by atoms with Crippen LogP contribution in [0.4, 0.5) is 5.69 Å². The number of hydrogen-bond donors (Lipinski definition) is 3. The number of nitrogens with one attached hydrogen (secondary N) is 1. The third kappa shape index (κ3) is 3.77. The molecule has 0 aromatic heterocycles. The summed E-state index contributed by atoms with van der Waals surface area (Å²) in [6.07, 6.45) is 0.830. The minimum atomic E-state index is -2.03. The van der Waals surface area contributed by atoms with Gasteiger partial charge >= 0.3 is 0 Å². The fourth-order valence-electron chi connectivity index (χ4n) is 7.72. The summed E-state index contributed by atoms with van der Waals surface area (Å²) in [6.45, 7) is 1.76. The number of aliphatic hydroxyl groups excluding tert-OH is 1. The Balaban J connectivity index is 1.66. The van der Waals surface area contributed by atoms with Crippen LogP contribution in [0.3, 0.4) is 0 Å². The molecule has 0 radical (unpaired) electrons. The molecule has 0 saturated carbocycles. The molecule has 3 N–H and O–H groups in total. The third-order valence-electron chi connectivity index (χ3n) is 9.09. The van der Waals surface area contributed by atoms with Crippen LogP contribution >= 0.6 is 23.2 Å². The summed E-state index contributed by atoms with van der Waals surface area (Å²) < 4.78 is 25.0. The molecule has 42 heavy (non-hydrogen) atoms. The van der Waals surface area contributed by atoms with E-state index >= 15 is 0 Å². The van der Waals surface area contributed by atoms with E-state index in [-0.39, 0.29) is 54.5 Å². The van der Waals surface area contributed by atoms with E-state index in [9.17, 15) is 19.8 Å². The third-order valence-corrected chi connectivity index (χ3v) is 10.2. The van der Waals surface area contributed by atoms with E-state index in [1.54, 1.807) is 20.2 Å². The van der Waals surface area contributed by atoms with Gasteiger partial charge in [-0.2, -0.15) is 0 Å². The van der Waals surface area contributed by atoms with Crippen molar-refractivity contribution in [2.45, 2.75) is 42.3 Å². The van der Waals surface area contributed by atoms with E-state index in [2.05, 4.69) is 5.32 Å². The number of alkyl halides is 1. The highest BCUT2D eigenvalue weighted by molar-refractivity contribution is 6.35. The van der Waals surface area contributed by atoms with Gasteiger partial charge in [0.05, 0.1) is 43.6 Å². The molecule has 228 valence electrons. The maximum absolute atomic E-state index is 13.6. The molecule has 2 heterocycles. The second-order valence-corrected chi connectivity index (χ2v) is 12.8. The van der Waals surface area contributed by atoms with Crippen molar-refractivity contribution in [1.82, 2.24) is 10.2 Å². The van der Waals surface area contributed by atoms with Gasteiger partial charge in [-0.15, -0.1) is 11.6 Å². The predicted octanol–water partition coefficient (Wildman–Crippen LogP) is 2.48. The van der Waals surface area contributed by atoms with Crippen LogP contribution < -0.4 is 10.2 Å². The number of carbonyl (C=O) groups is 2. The van der Waals surface area contributed by atoms with Crippen molar-refractivity contribution in [3.8, 4) is 5.75 Å². The number of ether oxygens (including phenoxy) is 4. The van der Waals surface area contributed by atoms with Crippen LogP contribution in [-0.2, 0) is 40.7 Å². The topological polar surface area (TPSA) is 130 Å². The summed E-state index contributed by atoms with van der Waals surface area (Å²) in [7, 11) is 7.45. The molecule has 2 saturated heterocycles. The van der Waals surface area contributed by atoms with Gasteiger partial charge in [0, 0.05) is 43.2 Å². The first-order valence-corrected chi connectivity index (χ1v) is 14.7. The van der Waals surface area contributed by atoms with Gasteiger partial charge in [-0.3, -0.25) is 14.9 Å². The Bertz CT molecular complexity index is 1410. The Labute approximate surface area is 253 Å². The summed E-state index contributed by atoms with van der Waals surface area (Å²) >= 11 is 14.7. The highest BCUT2D eigenvalue weighted by Crippen LogP contribution is 2.66. The number of likely N-dealkylation sites (N-methyl/N-ethyl adjacent to an activating group) is 1. The van der Waals surface area contributed by atoms with E-state index in [1.807, 2.05) is 30.0 Å². The second kappa shape index (κ2) is 10.1. The lowest BCUT2D eigenvalue weighted by Crippen LogP contribution is -2.69. The summed E-state index contributed by atoms with van der Waals surface area (Å²) in [5.41, 5.74) is 2.31. The van der Waals surface area contributed by atoms with Crippen molar-refractivity contribution in [2.75, 3.05) is 59.5 Å². The second-order valence-electron chi connectivity index (χ2n) is 11.8. The maximum atomic E-state index is 13.6. The number of aliphatic hydroxyl groups is 1. The van der Waals surface area contributed by atoms with E-state index in [0.29, 0.717) is 24.0 Å². The van der Waals surface area contributed by atoms with Gasteiger partial charge in [-0.1, -0.05) is 11.6 Å². The Kier molecular flexibility index (Phi) is 7.13. The van der Waals surface area contributed by atoms with Crippen LogP contribution in [0.5, 0.6) is 5.75 Å². The molecule has 1 aromatic carbocycles. The molecule has 3 aliphatic carbocycles. The molecule has 13 heteroatoms. The van der Waals surface area contributed by atoms with Gasteiger partial charge in [-0.25, -0.2) is 0 Å². The number of amides is 2. The van der Waals surface area contributed by atoms with Crippen molar-refractivity contribution in [3.63, 3.8) is 0 Å². The lowest BCUT2D eigenvalue weighted by molar-refractivity contribution is -0.191. The van der Waals surface area contributed by atoms with E-state index < -0.39 is 40.2 Å². The molecule has 1 aromatic rings. The standard InChI is InChI=1S/C29H35Cl2N3O8/c1-14(35)32-26(38)22-23(30)24(34(4)5)17-13-15-12-16-18(33(2)3)6-7-19(36)21(16)28(39-8-9-40-28)20(15)25(37)27(17,31)29(22)41-10-11-42-29/h6-7,15,17,24,36-37H,8-13H2,1-5H3,(H,32,35,38)/t15-,17-,24-,27-/m0/s1. The molecule has 4 atom stereocenters. The SMILES string of the molecule is CC(=O)NC(=O)C1=C(Cl)[C@@H](N(C)C)[C@@H]2C[C@@H]3Cc4c(N(C)C)ccc(O)c4C4(OCCO4)C3=C(O)[C@]2(Cl)C12OCCO2. The van der Waals surface area contributed by atoms with Crippen LogP contribution in [0.25, 0.3) is 0 Å². The first-order chi connectivity index (χ1) is 19.8. The van der Waals surface area contributed by atoms with E-state index in [1.165, 1.54) is 6.92 Å². The number of carbonyl (C=O) groups excluding carboxylic acids is 2. The van der Waals surface area contributed by atoms with Crippen molar-refractivity contribution >= 4 is 40.7 Å². The summed E-state index contributed by atoms with van der Waals surface area (Å²) in [6, 6.07) is 2.78. The first-order valence-electron chi connectivity index (χ1n) is 13.9. The molecular weight excluding hydrogens is 589 g/mol. The molecule has 5 aliphatic rings. The zero-order valence-corrected chi connectivity index (χ0v) is 25.6. The molecular formula is C29H35Cl2N3O8. The number of phenolic OH excluding ortho intramolecular Hbond substituents is 1. The maximum Gasteiger partial charge on any atom is 0.260 e. The average Bonchev–Trinajstić information content (AvgIpc) is 3.57. The smallest absolute Gasteiger partial charge is 0.260 e. The number of nitrogens with zero attached hydrogens (tertiary/aromatic N) is 2. The number of benzene rings is 1. The zero-order valence-electron chi connectivity index (χ0n) is 24.1. The lowest BCUT2D eigenvalue weighted by atomic mass is 9.58. The Morgan fingerprint density at radius 3 is 2.21 bits per heavy atom. The Morgan fingerprint density at radius 2 is 1.64 bits per heavy atom. The lowest BCUT2D eigenvalue weighted by Gasteiger charge is -2.58. The zero-order chi connectivity index (χ0) is 30.4. The number of hydrogen-bond acceptors (Lipinski definition) is 10. The molecule has 11 nitrogen and oxygen atoms in total. The van der Waals surface area contributed by atoms with Crippen LogP contribution in [-0.4, -0.2) is 98.2 Å². The minimum absolute atomic E-state index is 0.0376. The molecule has 0 unspecified atom stereocenters. The van der Waals surface area contributed by atoms with Gasteiger partial charge in [0.25, 0.3) is 5.91 Å². The number of fused-ring (bicyclic) bond motifs is 6. The number of rotatable bonds is 3. The Morgan fingerprint density at radius 1 is 1.02 bits per heavy atom. The van der Waals surface area contributed by atoms with E-state index in [4.69, 9.17) is 42.1 Å². The highest BCUT2D eigenvalue weighted by atomic mass is 35.5. The largest absolute Gasteiger partial charge is 0.510 e. The molecule has 2 aliphatic heterocycles. The van der Waals surface area contributed by atoms with Crippen molar-refractivity contribution in [1.29, 1.82) is 0 Å². The van der Waals surface area contributed by atoms with Gasteiger partial charge in [0.2, 0.25) is 17.5 Å². The van der Waals surface area contributed by atoms with Crippen LogP contribution in [0.1, 0.15) is 24.5 Å². The van der Waals surface area contributed by atoms with Crippen LogP contribution in [0.15, 0.2) is 34.1 Å². The molecule has 0 bridgehead atoms. The van der Waals surface area contributed by atoms with Gasteiger partial charge in [0.15, 0.2) is 4.87 Å². The number of aromatic hydroxyl groups is 1. The van der Waals surface area contributed by atoms with Gasteiger partial charge in [-0.05, 0) is 50.6 Å². The quantitative estimate of drug-likeness (QED) is 0.432. The summed E-state index contributed by atoms with van der Waals surface area (Å²) in [5.74, 6) is -6.42. The number of imide groups is 1. The Hall–Kier alpha value is -2.38. The van der Waals surface area contributed by atoms with Crippen molar-refractivity contribution in [3.05, 3.63) is 45.2 Å². The van der Waals surface area contributed by atoms with Gasteiger partial charge in [0.1, 0.15) is 11.5 Å². The molecule has 6 rings (SSSR count). The monoisotopic (exact) mass is 623 g/mol. The molecule has 2 amide bonds. The summed E-state index contributed by atoms with van der Waals surface area (Å²) in [4.78, 5) is 27.5. The normalized spacial score (nSPS) is 30.9. The molecule has 2 fully saturated rings. The minimum Gasteiger partial charge on any atom is -0.510 e.